The predicted molar refractivity (Wildman–Crippen MR) is 114 cm³/mol. The van der Waals surface area contributed by atoms with Crippen molar-refractivity contribution < 1.29 is 14.3 Å². The standard InChI is InChI=1S/C21H27N5O3/c1-4-29-21(28)26-13-11-25(12-14-26)18-9-10-22-19(15-18)20(27)23-16-5-7-17(8-6-16)24(2)3/h5-10,15H,4,11-14H2,1-3H3,(H,23,27). The third kappa shape index (κ3) is 5.16. The summed E-state index contributed by atoms with van der Waals surface area (Å²) >= 11 is 0. The molecule has 1 aromatic heterocycles. The number of carbonyl (C=O) groups is 2. The molecule has 0 saturated carbocycles. The zero-order valence-corrected chi connectivity index (χ0v) is 17.1. The molecule has 0 unspecified atom stereocenters. The second kappa shape index (κ2) is 9.27. The lowest BCUT2D eigenvalue weighted by Crippen LogP contribution is -2.49. The number of nitrogens with one attached hydrogen (secondary N) is 1. The summed E-state index contributed by atoms with van der Waals surface area (Å²) in [6, 6.07) is 11.3. The van der Waals surface area contributed by atoms with Crippen LogP contribution in [0.15, 0.2) is 42.6 Å². The van der Waals surface area contributed by atoms with Crippen molar-refractivity contribution in [3.63, 3.8) is 0 Å². The highest BCUT2D eigenvalue weighted by Gasteiger charge is 2.22. The van der Waals surface area contributed by atoms with E-state index >= 15 is 0 Å². The Morgan fingerprint density at radius 3 is 2.41 bits per heavy atom. The molecule has 0 aliphatic carbocycles. The van der Waals surface area contributed by atoms with Gasteiger partial charge in [-0.3, -0.25) is 9.78 Å². The molecule has 2 aromatic rings. The molecule has 1 saturated heterocycles. The van der Waals surface area contributed by atoms with Crippen LogP contribution in [0.2, 0.25) is 0 Å². The molecule has 0 spiro atoms. The molecule has 3 rings (SSSR count). The third-order valence-electron chi connectivity index (χ3n) is 4.79. The number of rotatable bonds is 5. The Balaban J connectivity index is 1.62. The molecule has 8 heteroatoms. The van der Waals surface area contributed by atoms with Gasteiger partial charge in [0.1, 0.15) is 5.69 Å². The van der Waals surface area contributed by atoms with Crippen LogP contribution in [0.5, 0.6) is 0 Å². The van der Waals surface area contributed by atoms with Gasteiger partial charge in [-0.1, -0.05) is 0 Å². The van der Waals surface area contributed by atoms with E-state index in [-0.39, 0.29) is 12.0 Å². The van der Waals surface area contributed by atoms with E-state index in [4.69, 9.17) is 4.74 Å². The highest BCUT2D eigenvalue weighted by molar-refractivity contribution is 6.03. The second-order valence-corrected chi connectivity index (χ2v) is 6.97. The number of anilines is 3. The zero-order valence-electron chi connectivity index (χ0n) is 17.1. The minimum absolute atomic E-state index is 0.255. The van der Waals surface area contributed by atoms with Gasteiger partial charge in [0.25, 0.3) is 5.91 Å². The molecule has 1 aliphatic rings. The summed E-state index contributed by atoms with van der Waals surface area (Å²) in [5, 5.41) is 2.88. The maximum Gasteiger partial charge on any atom is 0.409 e. The number of nitrogens with zero attached hydrogens (tertiary/aromatic N) is 4. The Labute approximate surface area is 171 Å². The van der Waals surface area contributed by atoms with E-state index < -0.39 is 0 Å². The molecule has 2 heterocycles. The van der Waals surface area contributed by atoms with Crippen molar-refractivity contribution in [3.05, 3.63) is 48.3 Å². The number of carbonyl (C=O) groups excluding carboxylic acids is 2. The molecule has 1 fully saturated rings. The lowest BCUT2D eigenvalue weighted by molar-refractivity contribution is 0.102. The van der Waals surface area contributed by atoms with Gasteiger partial charge in [0, 0.05) is 63.5 Å². The lowest BCUT2D eigenvalue weighted by atomic mass is 10.2. The highest BCUT2D eigenvalue weighted by atomic mass is 16.6. The quantitative estimate of drug-likeness (QED) is 0.836. The maximum absolute atomic E-state index is 12.6. The van der Waals surface area contributed by atoms with Crippen molar-refractivity contribution >= 4 is 29.1 Å². The Bertz CT molecular complexity index is 846. The Kier molecular flexibility index (Phi) is 6.54. The SMILES string of the molecule is CCOC(=O)N1CCN(c2ccnc(C(=O)Nc3ccc(N(C)C)cc3)c2)CC1. The first-order valence-corrected chi connectivity index (χ1v) is 9.69. The first-order valence-electron chi connectivity index (χ1n) is 9.69. The Morgan fingerprint density at radius 2 is 1.79 bits per heavy atom. The van der Waals surface area contributed by atoms with Crippen LogP contribution in [0.3, 0.4) is 0 Å². The van der Waals surface area contributed by atoms with Crippen LogP contribution in [-0.2, 0) is 4.74 Å². The largest absolute Gasteiger partial charge is 0.450 e. The van der Waals surface area contributed by atoms with E-state index in [0.717, 1.165) is 17.1 Å². The normalized spacial score (nSPS) is 13.8. The Morgan fingerprint density at radius 1 is 1.10 bits per heavy atom. The van der Waals surface area contributed by atoms with Gasteiger partial charge in [0.05, 0.1) is 6.61 Å². The van der Waals surface area contributed by atoms with E-state index in [2.05, 4.69) is 15.2 Å². The van der Waals surface area contributed by atoms with E-state index in [1.54, 1.807) is 24.1 Å². The highest BCUT2D eigenvalue weighted by Crippen LogP contribution is 2.19. The Hall–Kier alpha value is -3.29. The number of pyridine rings is 1. The number of hydrogen-bond acceptors (Lipinski definition) is 6. The average molecular weight is 397 g/mol. The van der Waals surface area contributed by atoms with Crippen LogP contribution in [0.1, 0.15) is 17.4 Å². The van der Waals surface area contributed by atoms with Crippen molar-refractivity contribution in [2.75, 3.05) is 62.0 Å². The zero-order chi connectivity index (χ0) is 20.8. The van der Waals surface area contributed by atoms with Crippen LogP contribution >= 0.6 is 0 Å². The summed E-state index contributed by atoms with van der Waals surface area (Å²) in [5.41, 5.74) is 3.05. The summed E-state index contributed by atoms with van der Waals surface area (Å²) in [7, 11) is 3.94. The van der Waals surface area contributed by atoms with Crippen LogP contribution in [0.4, 0.5) is 21.9 Å². The van der Waals surface area contributed by atoms with Gasteiger partial charge in [0.15, 0.2) is 0 Å². The summed E-state index contributed by atoms with van der Waals surface area (Å²) in [6.07, 6.45) is 1.36. The number of ether oxygens (including phenoxy) is 1. The molecule has 1 aliphatic heterocycles. The maximum atomic E-state index is 12.6. The molecule has 2 amide bonds. The molecular formula is C21H27N5O3. The van der Waals surface area contributed by atoms with Crippen molar-refractivity contribution in [3.8, 4) is 0 Å². The molecular weight excluding hydrogens is 370 g/mol. The fourth-order valence-electron chi connectivity index (χ4n) is 3.14. The second-order valence-electron chi connectivity index (χ2n) is 6.97. The fraction of sp³-hybridized carbons (Fsp3) is 0.381. The third-order valence-corrected chi connectivity index (χ3v) is 4.79. The van der Waals surface area contributed by atoms with Gasteiger partial charge in [-0.2, -0.15) is 0 Å². The van der Waals surface area contributed by atoms with Crippen molar-refractivity contribution in [2.45, 2.75) is 6.92 Å². The van der Waals surface area contributed by atoms with Gasteiger partial charge in [0.2, 0.25) is 0 Å². The van der Waals surface area contributed by atoms with Crippen molar-refractivity contribution in [2.24, 2.45) is 0 Å². The van der Waals surface area contributed by atoms with Crippen molar-refractivity contribution in [1.29, 1.82) is 0 Å². The van der Waals surface area contributed by atoms with E-state index in [1.807, 2.05) is 49.3 Å². The number of hydrogen-bond donors (Lipinski definition) is 1. The summed E-state index contributed by atoms with van der Waals surface area (Å²) in [6.45, 7) is 4.70. The van der Waals surface area contributed by atoms with Crippen LogP contribution in [-0.4, -0.2) is 68.8 Å². The topological polar surface area (TPSA) is 78.0 Å². The minimum atomic E-state index is -0.276. The summed E-state index contributed by atoms with van der Waals surface area (Å²) in [5.74, 6) is -0.255. The lowest BCUT2D eigenvalue weighted by Gasteiger charge is -2.35. The van der Waals surface area contributed by atoms with Crippen LogP contribution in [0, 0.1) is 0 Å². The van der Waals surface area contributed by atoms with Crippen molar-refractivity contribution in [1.82, 2.24) is 9.88 Å². The van der Waals surface area contributed by atoms with E-state index in [1.165, 1.54) is 0 Å². The first-order chi connectivity index (χ1) is 14.0. The van der Waals surface area contributed by atoms with Gasteiger partial charge in [-0.05, 0) is 43.3 Å². The predicted octanol–water partition coefficient (Wildman–Crippen LogP) is 2.68. The fourth-order valence-corrected chi connectivity index (χ4v) is 3.14. The monoisotopic (exact) mass is 397 g/mol. The number of aromatic nitrogens is 1. The molecule has 0 atom stereocenters. The number of amides is 2. The molecule has 1 N–H and O–H groups in total. The molecule has 154 valence electrons. The molecule has 0 radical (unpaired) electrons. The van der Waals surface area contributed by atoms with Gasteiger partial charge in [-0.25, -0.2) is 4.79 Å². The summed E-state index contributed by atoms with van der Waals surface area (Å²) < 4.78 is 5.05. The van der Waals surface area contributed by atoms with Gasteiger partial charge >= 0.3 is 6.09 Å². The molecule has 0 bridgehead atoms. The van der Waals surface area contributed by atoms with Crippen LogP contribution in [0.25, 0.3) is 0 Å². The molecule has 8 nitrogen and oxygen atoms in total. The van der Waals surface area contributed by atoms with Gasteiger partial charge in [-0.15, -0.1) is 0 Å². The minimum Gasteiger partial charge on any atom is -0.450 e. The molecule has 1 aromatic carbocycles. The number of benzene rings is 1. The molecule has 29 heavy (non-hydrogen) atoms. The smallest absolute Gasteiger partial charge is 0.409 e. The summed E-state index contributed by atoms with van der Waals surface area (Å²) in [4.78, 5) is 34.5. The van der Waals surface area contributed by atoms with Gasteiger partial charge < -0.3 is 24.8 Å². The average Bonchev–Trinajstić information content (AvgIpc) is 2.74. The first kappa shape index (κ1) is 20.4. The van der Waals surface area contributed by atoms with E-state index in [0.29, 0.717) is 38.5 Å². The number of piperazine rings is 1. The van der Waals surface area contributed by atoms with E-state index in [9.17, 15) is 9.59 Å². The van der Waals surface area contributed by atoms with Crippen LogP contribution < -0.4 is 15.1 Å².